The zero-order valence-corrected chi connectivity index (χ0v) is 14.5. The van der Waals surface area contributed by atoms with Crippen molar-refractivity contribution in [2.24, 2.45) is 4.99 Å². The number of aliphatic imine (C=N–C) groups is 1. The Morgan fingerprint density at radius 3 is 3.00 bits per heavy atom. The van der Waals surface area contributed by atoms with Crippen LogP contribution in [-0.4, -0.2) is 28.8 Å². The van der Waals surface area contributed by atoms with Gasteiger partial charge in [0.15, 0.2) is 5.96 Å². The Kier molecular flexibility index (Phi) is 6.75. The summed E-state index contributed by atoms with van der Waals surface area (Å²) in [5.41, 5.74) is 0. The summed E-state index contributed by atoms with van der Waals surface area (Å²) in [6, 6.07) is 6.09. The van der Waals surface area contributed by atoms with E-state index in [0.29, 0.717) is 6.54 Å². The molecule has 21 heavy (non-hydrogen) atoms. The largest absolute Gasteiger partial charge is 0.357 e. The average Bonchev–Trinajstić information content (AvgIpc) is 3.12. The third-order valence-corrected chi connectivity index (χ3v) is 4.39. The first-order chi connectivity index (χ1) is 10.3. The molecular weight excluding hydrogens is 350 g/mol. The van der Waals surface area contributed by atoms with Crippen LogP contribution < -0.4 is 10.6 Å². The first kappa shape index (κ1) is 16.0. The lowest BCUT2D eigenvalue weighted by atomic mass is 10.4. The first-order valence-corrected chi connectivity index (χ1v) is 8.62. The van der Waals surface area contributed by atoms with Gasteiger partial charge in [-0.3, -0.25) is 4.68 Å². The summed E-state index contributed by atoms with van der Waals surface area (Å²) in [6.07, 6.45) is 4.79. The van der Waals surface area contributed by atoms with Crippen molar-refractivity contribution in [2.75, 3.05) is 13.1 Å². The van der Waals surface area contributed by atoms with Crippen molar-refractivity contribution in [3.63, 3.8) is 0 Å². The van der Waals surface area contributed by atoms with Gasteiger partial charge < -0.3 is 10.6 Å². The second kappa shape index (κ2) is 8.84. The van der Waals surface area contributed by atoms with Crippen LogP contribution in [0.5, 0.6) is 0 Å². The Hall–Kier alpha value is -1.34. The molecule has 0 fully saturated rings. The van der Waals surface area contributed by atoms with Crippen LogP contribution in [0.4, 0.5) is 0 Å². The van der Waals surface area contributed by atoms with E-state index in [0.717, 1.165) is 35.8 Å². The van der Waals surface area contributed by atoms with E-state index in [9.17, 15) is 0 Å². The van der Waals surface area contributed by atoms with Crippen LogP contribution in [-0.2, 0) is 13.1 Å². The van der Waals surface area contributed by atoms with Gasteiger partial charge in [0, 0.05) is 36.9 Å². The molecule has 7 heteroatoms. The summed E-state index contributed by atoms with van der Waals surface area (Å²) in [4.78, 5) is 5.84. The van der Waals surface area contributed by atoms with Crippen molar-refractivity contribution in [2.45, 2.75) is 26.4 Å². The van der Waals surface area contributed by atoms with Crippen LogP contribution in [0.25, 0.3) is 0 Å². The highest BCUT2D eigenvalue weighted by atomic mass is 79.9. The monoisotopic (exact) mass is 369 g/mol. The molecule has 2 heterocycles. The second-order valence-electron chi connectivity index (χ2n) is 4.45. The van der Waals surface area contributed by atoms with Crippen molar-refractivity contribution in [3.8, 4) is 0 Å². The molecule has 0 aromatic carbocycles. The number of guanidine groups is 1. The molecule has 0 unspecified atom stereocenters. The summed E-state index contributed by atoms with van der Waals surface area (Å²) >= 11 is 5.19. The van der Waals surface area contributed by atoms with E-state index in [4.69, 9.17) is 0 Å². The fraction of sp³-hybridized carbons (Fsp3) is 0.429. The number of hydrogen-bond acceptors (Lipinski definition) is 3. The van der Waals surface area contributed by atoms with Gasteiger partial charge in [0.25, 0.3) is 0 Å². The number of nitrogens with zero attached hydrogens (tertiary/aromatic N) is 3. The molecule has 2 N–H and O–H groups in total. The van der Waals surface area contributed by atoms with Crippen molar-refractivity contribution < 1.29 is 0 Å². The van der Waals surface area contributed by atoms with Gasteiger partial charge in [0.1, 0.15) is 0 Å². The molecule has 0 spiro atoms. The molecular formula is C14H20BrN5S. The highest BCUT2D eigenvalue weighted by molar-refractivity contribution is 9.11. The Morgan fingerprint density at radius 2 is 2.33 bits per heavy atom. The van der Waals surface area contributed by atoms with E-state index in [-0.39, 0.29) is 0 Å². The third kappa shape index (κ3) is 5.89. The summed E-state index contributed by atoms with van der Waals surface area (Å²) in [5, 5.41) is 10.8. The quantitative estimate of drug-likeness (QED) is 0.448. The molecule has 2 aromatic rings. The maximum Gasteiger partial charge on any atom is 0.191 e. The van der Waals surface area contributed by atoms with Gasteiger partial charge in [0.2, 0.25) is 0 Å². The van der Waals surface area contributed by atoms with Gasteiger partial charge in [-0.15, -0.1) is 11.3 Å². The fourth-order valence-corrected chi connectivity index (χ4v) is 3.22. The number of aromatic nitrogens is 2. The Morgan fingerprint density at radius 1 is 1.43 bits per heavy atom. The minimum absolute atomic E-state index is 0.699. The normalized spacial score (nSPS) is 11.6. The summed E-state index contributed by atoms with van der Waals surface area (Å²) in [6.45, 7) is 5.42. The number of halogens is 1. The van der Waals surface area contributed by atoms with Crippen LogP contribution in [0.2, 0.25) is 0 Å². The molecule has 114 valence electrons. The van der Waals surface area contributed by atoms with E-state index in [1.807, 2.05) is 16.9 Å². The number of nitrogens with one attached hydrogen (secondary N) is 2. The fourth-order valence-electron chi connectivity index (χ4n) is 1.82. The molecule has 0 aliphatic heterocycles. The predicted molar refractivity (Wildman–Crippen MR) is 91.7 cm³/mol. The molecule has 5 nitrogen and oxygen atoms in total. The maximum atomic E-state index is 4.59. The van der Waals surface area contributed by atoms with Gasteiger partial charge in [-0.2, -0.15) is 5.10 Å². The molecule has 0 radical (unpaired) electrons. The molecule has 0 amide bonds. The molecule has 0 bridgehead atoms. The molecule has 0 saturated carbocycles. The zero-order chi connectivity index (χ0) is 14.9. The topological polar surface area (TPSA) is 54.2 Å². The minimum atomic E-state index is 0.699. The molecule has 0 aliphatic rings. The lowest BCUT2D eigenvalue weighted by Crippen LogP contribution is -2.38. The van der Waals surface area contributed by atoms with Crippen LogP contribution in [0.3, 0.4) is 0 Å². The van der Waals surface area contributed by atoms with Crippen LogP contribution >= 0.6 is 27.3 Å². The lowest BCUT2D eigenvalue weighted by molar-refractivity contribution is 0.570. The highest BCUT2D eigenvalue weighted by Crippen LogP contribution is 2.22. The lowest BCUT2D eigenvalue weighted by Gasteiger charge is -2.11. The van der Waals surface area contributed by atoms with E-state index < -0.39 is 0 Å². The minimum Gasteiger partial charge on any atom is -0.357 e. The maximum absolute atomic E-state index is 4.59. The average molecular weight is 370 g/mol. The first-order valence-electron chi connectivity index (χ1n) is 7.01. The number of thiophene rings is 1. The number of hydrogen-bond donors (Lipinski definition) is 2. The van der Waals surface area contributed by atoms with Gasteiger partial charge in [-0.1, -0.05) is 0 Å². The van der Waals surface area contributed by atoms with Crippen LogP contribution in [0.1, 0.15) is 18.2 Å². The van der Waals surface area contributed by atoms with Gasteiger partial charge in [0.05, 0.1) is 10.3 Å². The summed E-state index contributed by atoms with van der Waals surface area (Å²) in [7, 11) is 0. The van der Waals surface area contributed by atoms with E-state index in [1.165, 1.54) is 4.88 Å². The highest BCUT2D eigenvalue weighted by Gasteiger charge is 2.00. The molecule has 0 atom stereocenters. The number of rotatable bonds is 7. The van der Waals surface area contributed by atoms with Crippen molar-refractivity contribution in [1.29, 1.82) is 0 Å². The van der Waals surface area contributed by atoms with Crippen LogP contribution in [0.15, 0.2) is 39.4 Å². The van der Waals surface area contributed by atoms with Crippen molar-refractivity contribution in [3.05, 3.63) is 39.3 Å². The SMILES string of the molecule is CCNC(=NCc1ccc(Br)s1)NCCCn1cccn1. The van der Waals surface area contributed by atoms with Crippen LogP contribution in [0, 0.1) is 0 Å². The van der Waals surface area contributed by atoms with E-state index in [1.54, 1.807) is 17.5 Å². The van der Waals surface area contributed by atoms with Crippen molar-refractivity contribution in [1.82, 2.24) is 20.4 Å². The van der Waals surface area contributed by atoms with Gasteiger partial charge in [-0.25, -0.2) is 4.99 Å². The number of aryl methyl sites for hydroxylation is 1. The van der Waals surface area contributed by atoms with E-state index >= 15 is 0 Å². The third-order valence-electron chi connectivity index (χ3n) is 2.78. The van der Waals surface area contributed by atoms with Gasteiger partial charge in [-0.05, 0) is 47.5 Å². The smallest absolute Gasteiger partial charge is 0.191 e. The second-order valence-corrected chi connectivity index (χ2v) is 7.00. The predicted octanol–water partition coefficient (Wildman–Crippen LogP) is 2.85. The summed E-state index contributed by atoms with van der Waals surface area (Å²) in [5.74, 6) is 0.863. The molecule has 2 aromatic heterocycles. The Bertz CT molecular complexity index is 549. The Balaban J connectivity index is 1.75. The summed E-state index contributed by atoms with van der Waals surface area (Å²) < 4.78 is 3.08. The Labute approximate surface area is 137 Å². The molecule has 0 saturated heterocycles. The zero-order valence-electron chi connectivity index (χ0n) is 12.1. The molecule has 2 rings (SSSR count). The van der Waals surface area contributed by atoms with Crippen molar-refractivity contribution >= 4 is 33.2 Å². The molecule has 0 aliphatic carbocycles. The van der Waals surface area contributed by atoms with Gasteiger partial charge >= 0.3 is 0 Å². The van der Waals surface area contributed by atoms with E-state index in [2.05, 4.69) is 55.7 Å². The standard InChI is InChI=1S/C14H20BrN5S/c1-2-16-14(18-11-12-5-6-13(15)21-12)17-7-3-9-20-10-4-8-19-20/h4-6,8,10H,2-3,7,9,11H2,1H3,(H2,16,17,18).